The Balaban J connectivity index is 4.16. The van der Waals surface area contributed by atoms with Crippen molar-refractivity contribution < 1.29 is 9.59 Å². The van der Waals surface area contributed by atoms with Crippen LogP contribution in [-0.4, -0.2) is 80.9 Å². The fourth-order valence-electron chi connectivity index (χ4n) is 1.63. The highest BCUT2D eigenvalue weighted by Crippen LogP contribution is 1.97. The number of primary amides is 1. The van der Waals surface area contributed by atoms with E-state index in [0.29, 0.717) is 13.1 Å². The van der Waals surface area contributed by atoms with E-state index in [1.807, 2.05) is 38.0 Å². The van der Waals surface area contributed by atoms with Gasteiger partial charge < -0.3 is 20.4 Å². The number of nitrogens with two attached hydrogens (primary N) is 1. The number of hydrogen-bond acceptors (Lipinski definition) is 4. The highest BCUT2D eigenvalue weighted by Gasteiger charge is 2.18. The number of carbonyl (C=O) groups is 2. The van der Waals surface area contributed by atoms with Gasteiger partial charge in [-0.2, -0.15) is 0 Å². The summed E-state index contributed by atoms with van der Waals surface area (Å²) in [4.78, 5) is 28.2. The van der Waals surface area contributed by atoms with Crippen LogP contribution in [0.2, 0.25) is 0 Å². The zero-order valence-electron chi connectivity index (χ0n) is 12.0. The van der Waals surface area contributed by atoms with Crippen molar-refractivity contribution in [3.8, 4) is 0 Å². The van der Waals surface area contributed by atoms with Crippen molar-refractivity contribution in [2.75, 3.05) is 54.4 Å². The van der Waals surface area contributed by atoms with Crippen molar-refractivity contribution in [1.82, 2.24) is 14.7 Å². The third-order valence-electron chi connectivity index (χ3n) is 2.56. The summed E-state index contributed by atoms with van der Waals surface area (Å²) >= 11 is 0. The van der Waals surface area contributed by atoms with Gasteiger partial charge in [-0.3, -0.25) is 9.59 Å². The topological polar surface area (TPSA) is 69.9 Å². The van der Waals surface area contributed by atoms with Crippen LogP contribution in [0.15, 0.2) is 0 Å². The number of rotatable bonds is 8. The summed E-state index contributed by atoms with van der Waals surface area (Å²) in [6, 6.07) is 0. The van der Waals surface area contributed by atoms with Gasteiger partial charge in [-0.15, -0.1) is 0 Å². The summed E-state index contributed by atoms with van der Waals surface area (Å²) in [5, 5.41) is 0. The van der Waals surface area contributed by atoms with Crippen LogP contribution in [0.4, 0.5) is 0 Å². The molecule has 6 nitrogen and oxygen atoms in total. The number of carbonyl (C=O) groups excluding carboxylic acids is 2. The summed E-state index contributed by atoms with van der Waals surface area (Å²) in [7, 11) is 7.91. The smallest absolute Gasteiger partial charge is 0.311 e. The van der Waals surface area contributed by atoms with Crippen molar-refractivity contribution in [3.63, 3.8) is 0 Å². The molecular weight excluding hydrogens is 232 g/mol. The van der Waals surface area contributed by atoms with Gasteiger partial charge in [0.15, 0.2) is 0 Å². The number of hydrogen-bond donors (Lipinski definition) is 1. The molecule has 0 radical (unpaired) electrons. The highest BCUT2D eigenvalue weighted by atomic mass is 16.2. The molecule has 0 aromatic heterocycles. The fraction of sp³-hybridized carbons (Fsp3) is 0.833. The quantitative estimate of drug-likeness (QED) is 0.579. The van der Waals surface area contributed by atoms with Crippen LogP contribution >= 0.6 is 0 Å². The van der Waals surface area contributed by atoms with E-state index in [0.717, 1.165) is 25.9 Å². The van der Waals surface area contributed by atoms with Gasteiger partial charge in [0.2, 0.25) is 0 Å². The second-order valence-electron chi connectivity index (χ2n) is 4.97. The molecular formula is C12H26N4O2. The monoisotopic (exact) mass is 258 g/mol. The maximum Gasteiger partial charge on any atom is 0.311 e. The van der Waals surface area contributed by atoms with E-state index in [1.54, 1.807) is 4.90 Å². The minimum atomic E-state index is -0.871. The average molecular weight is 258 g/mol. The molecule has 2 amide bonds. The van der Waals surface area contributed by atoms with Crippen LogP contribution in [0, 0.1) is 0 Å². The lowest BCUT2D eigenvalue weighted by atomic mass is 10.3. The standard InChI is InChI=1S/C12H26N4O2/c1-14(2)7-5-9-16(12(18)11(13)17)10-6-8-15(3)4/h5-10H2,1-4H3,(H2,13,17). The molecule has 0 fully saturated rings. The average Bonchev–Trinajstić information content (AvgIpc) is 2.25. The van der Waals surface area contributed by atoms with E-state index in [1.165, 1.54) is 0 Å². The molecule has 0 unspecified atom stereocenters. The fourth-order valence-corrected chi connectivity index (χ4v) is 1.63. The summed E-state index contributed by atoms with van der Waals surface area (Å²) in [5.41, 5.74) is 5.05. The third kappa shape index (κ3) is 8.03. The van der Waals surface area contributed by atoms with E-state index < -0.39 is 11.8 Å². The van der Waals surface area contributed by atoms with E-state index in [2.05, 4.69) is 0 Å². The Labute approximate surface area is 110 Å². The number of amides is 2. The Bertz CT molecular complexity index is 253. The van der Waals surface area contributed by atoms with Gasteiger partial charge in [0.1, 0.15) is 0 Å². The summed E-state index contributed by atoms with van der Waals surface area (Å²) in [6.07, 6.45) is 1.68. The first kappa shape index (κ1) is 16.9. The predicted octanol–water partition coefficient (Wildman–Crippen LogP) is -0.796. The second kappa shape index (κ2) is 8.88. The maximum absolute atomic E-state index is 11.6. The van der Waals surface area contributed by atoms with E-state index in [4.69, 9.17) is 5.73 Å². The molecule has 0 aliphatic carbocycles. The van der Waals surface area contributed by atoms with Crippen molar-refractivity contribution in [2.45, 2.75) is 12.8 Å². The summed E-state index contributed by atoms with van der Waals surface area (Å²) < 4.78 is 0. The lowest BCUT2D eigenvalue weighted by Crippen LogP contribution is -2.42. The molecule has 0 heterocycles. The van der Waals surface area contributed by atoms with Crippen LogP contribution in [0.3, 0.4) is 0 Å². The van der Waals surface area contributed by atoms with Gasteiger partial charge in [0.25, 0.3) is 0 Å². The van der Waals surface area contributed by atoms with Crippen molar-refractivity contribution in [3.05, 3.63) is 0 Å². The highest BCUT2D eigenvalue weighted by molar-refractivity contribution is 6.34. The zero-order chi connectivity index (χ0) is 14.1. The molecule has 0 aromatic carbocycles. The second-order valence-corrected chi connectivity index (χ2v) is 4.97. The largest absolute Gasteiger partial charge is 0.361 e. The van der Waals surface area contributed by atoms with Gasteiger partial charge in [0.05, 0.1) is 0 Å². The Kier molecular flexibility index (Phi) is 8.32. The third-order valence-corrected chi connectivity index (χ3v) is 2.56. The Hall–Kier alpha value is -1.14. The number of nitrogens with zero attached hydrogens (tertiary/aromatic N) is 3. The normalized spacial score (nSPS) is 11.0. The molecule has 2 N–H and O–H groups in total. The van der Waals surface area contributed by atoms with Crippen LogP contribution in [0.1, 0.15) is 12.8 Å². The minimum absolute atomic E-state index is 0.576. The van der Waals surface area contributed by atoms with Crippen LogP contribution in [0.5, 0.6) is 0 Å². The molecule has 106 valence electrons. The van der Waals surface area contributed by atoms with Crippen LogP contribution in [-0.2, 0) is 9.59 Å². The molecule has 0 saturated heterocycles. The first-order valence-corrected chi connectivity index (χ1v) is 6.22. The molecule has 0 aromatic rings. The molecule has 6 heteroatoms. The molecule has 0 atom stereocenters. The first-order valence-electron chi connectivity index (χ1n) is 6.22. The van der Waals surface area contributed by atoms with Crippen molar-refractivity contribution in [2.24, 2.45) is 5.73 Å². The van der Waals surface area contributed by atoms with Crippen LogP contribution in [0.25, 0.3) is 0 Å². The Morgan fingerprint density at radius 3 is 1.50 bits per heavy atom. The maximum atomic E-state index is 11.6. The van der Waals surface area contributed by atoms with Gasteiger partial charge in [-0.1, -0.05) is 0 Å². The van der Waals surface area contributed by atoms with E-state index >= 15 is 0 Å². The molecule has 0 rings (SSSR count). The molecule has 0 aliphatic heterocycles. The Morgan fingerprint density at radius 1 is 0.833 bits per heavy atom. The van der Waals surface area contributed by atoms with Gasteiger partial charge in [-0.05, 0) is 54.1 Å². The summed E-state index contributed by atoms with van der Waals surface area (Å²) in [6.45, 7) is 2.92. The SMILES string of the molecule is CN(C)CCCN(CCCN(C)C)C(=O)C(N)=O. The van der Waals surface area contributed by atoms with Crippen molar-refractivity contribution >= 4 is 11.8 Å². The van der Waals surface area contributed by atoms with Crippen LogP contribution < -0.4 is 5.73 Å². The van der Waals surface area contributed by atoms with Gasteiger partial charge in [-0.25, -0.2) is 0 Å². The van der Waals surface area contributed by atoms with Gasteiger partial charge >= 0.3 is 11.8 Å². The lowest BCUT2D eigenvalue weighted by molar-refractivity contribution is -0.144. The van der Waals surface area contributed by atoms with Crippen molar-refractivity contribution in [1.29, 1.82) is 0 Å². The van der Waals surface area contributed by atoms with Gasteiger partial charge in [0, 0.05) is 13.1 Å². The molecule has 0 bridgehead atoms. The molecule has 0 spiro atoms. The first-order chi connectivity index (χ1) is 8.34. The van der Waals surface area contributed by atoms with E-state index in [-0.39, 0.29) is 0 Å². The predicted molar refractivity (Wildman–Crippen MR) is 72.1 cm³/mol. The molecule has 18 heavy (non-hydrogen) atoms. The summed E-state index contributed by atoms with van der Waals surface area (Å²) in [5.74, 6) is -1.45. The molecule has 0 saturated carbocycles. The molecule has 0 aliphatic rings. The minimum Gasteiger partial charge on any atom is -0.361 e. The zero-order valence-corrected chi connectivity index (χ0v) is 12.0. The lowest BCUT2D eigenvalue weighted by Gasteiger charge is -2.22. The Morgan fingerprint density at radius 2 is 1.22 bits per heavy atom. The van der Waals surface area contributed by atoms with E-state index in [9.17, 15) is 9.59 Å².